The van der Waals surface area contributed by atoms with Gasteiger partial charge in [0.2, 0.25) is 0 Å². The Labute approximate surface area is 116 Å². The van der Waals surface area contributed by atoms with Gasteiger partial charge in [-0.15, -0.1) is 11.3 Å². The van der Waals surface area contributed by atoms with Crippen LogP contribution in [-0.2, 0) is 13.0 Å². The smallest absolute Gasteiger partial charge is 0.0944 e. The van der Waals surface area contributed by atoms with Gasteiger partial charge in [-0.1, -0.05) is 27.7 Å². The molecule has 104 valence electrons. The van der Waals surface area contributed by atoms with Gasteiger partial charge in [-0.3, -0.25) is 0 Å². The van der Waals surface area contributed by atoms with Gasteiger partial charge in [-0.2, -0.15) is 0 Å². The molecular formula is C14H27N3S. The van der Waals surface area contributed by atoms with E-state index in [0.29, 0.717) is 12.0 Å². The largest absolute Gasteiger partial charge is 0.310 e. The lowest BCUT2D eigenvalue weighted by Gasteiger charge is -2.09. The Kier molecular flexibility index (Phi) is 6.26. The summed E-state index contributed by atoms with van der Waals surface area (Å²) < 4.78 is 0. The van der Waals surface area contributed by atoms with E-state index in [4.69, 9.17) is 4.98 Å². The van der Waals surface area contributed by atoms with Crippen LogP contribution in [0.2, 0.25) is 0 Å². The number of thiazole rings is 1. The minimum Gasteiger partial charge on any atom is -0.310 e. The Morgan fingerprint density at radius 3 is 2.39 bits per heavy atom. The zero-order chi connectivity index (χ0) is 13.7. The zero-order valence-corrected chi connectivity index (χ0v) is 13.4. The molecule has 0 unspecified atom stereocenters. The second-order valence-electron chi connectivity index (χ2n) is 5.66. The van der Waals surface area contributed by atoms with Gasteiger partial charge >= 0.3 is 0 Å². The first-order valence-electron chi connectivity index (χ1n) is 6.76. The maximum Gasteiger partial charge on any atom is 0.0944 e. The van der Waals surface area contributed by atoms with Crippen LogP contribution in [0.25, 0.3) is 0 Å². The molecule has 1 rings (SSSR count). The first-order chi connectivity index (χ1) is 8.40. The third-order valence-corrected chi connectivity index (χ3v) is 3.89. The molecule has 0 saturated carbocycles. The van der Waals surface area contributed by atoms with E-state index in [1.165, 1.54) is 15.6 Å². The van der Waals surface area contributed by atoms with Crippen molar-refractivity contribution >= 4 is 11.3 Å². The van der Waals surface area contributed by atoms with Crippen molar-refractivity contribution in [1.82, 2.24) is 15.2 Å². The van der Waals surface area contributed by atoms with Crippen LogP contribution in [0, 0.1) is 0 Å². The summed E-state index contributed by atoms with van der Waals surface area (Å²) in [6.07, 6.45) is 1.05. The van der Waals surface area contributed by atoms with Crippen LogP contribution < -0.4 is 5.32 Å². The molecule has 0 atom stereocenters. The fourth-order valence-corrected chi connectivity index (χ4v) is 2.88. The van der Waals surface area contributed by atoms with E-state index in [-0.39, 0.29) is 0 Å². The van der Waals surface area contributed by atoms with Crippen LogP contribution in [0.1, 0.15) is 49.2 Å². The predicted molar refractivity (Wildman–Crippen MR) is 80.4 cm³/mol. The summed E-state index contributed by atoms with van der Waals surface area (Å²) in [7, 11) is 4.22. The number of likely N-dealkylation sites (N-methyl/N-ethyl adjacent to an activating group) is 1. The number of nitrogens with one attached hydrogen (secondary N) is 1. The van der Waals surface area contributed by atoms with E-state index in [1.54, 1.807) is 0 Å². The average Bonchev–Trinajstić information content (AvgIpc) is 2.67. The lowest BCUT2D eigenvalue weighted by Crippen LogP contribution is -2.22. The molecule has 0 saturated heterocycles. The molecule has 0 bridgehead atoms. The molecule has 4 heteroatoms. The van der Waals surface area contributed by atoms with Crippen molar-refractivity contribution in [1.29, 1.82) is 0 Å². The zero-order valence-electron chi connectivity index (χ0n) is 12.6. The highest BCUT2D eigenvalue weighted by Gasteiger charge is 2.14. The van der Waals surface area contributed by atoms with Gasteiger partial charge in [0.15, 0.2) is 0 Å². The van der Waals surface area contributed by atoms with E-state index in [1.807, 2.05) is 11.3 Å². The summed E-state index contributed by atoms with van der Waals surface area (Å²) >= 11 is 1.87. The molecule has 0 aliphatic rings. The number of nitrogens with zero attached hydrogens (tertiary/aromatic N) is 2. The van der Waals surface area contributed by atoms with E-state index in [0.717, 1.165) is 19.5 Å². The molecule has 1 aromatic rings. The van der Waals surface area contributed by atoms with Crippen molar-refractivity contribution in [2.24, 2.45) is 0 Å². The van der Waals surface area contributed by atoms with Gasteiger partial charge in [0, 0.05) is 30.4 Å². The van der Waals surface area contributed by atoms with Gasteiger partial charge in [-0.25, -0.2) is 4.98 Å². The fraction of sp³-hybridized carbons (Fsp3) is 0.786. The number of rotatable bonds is 7. The summed E-state index contributed by atoms with van der Waals surface area (Å²) in [4.78, 5) is 8.43. The standard InChI is InChI=1S/C14H27N3S/c1-10(2)14-12(9-15-11(3)4)18-13(16-14)7-8-17(5)6/h10-11,15H,7-9H2,1-6H3. The van der Waals surface area contributed by atoms with Crippen molar-refractivity contribution in [3.63, 3.8) is 0 Å². The molecule has 0 aromatic carbocycles. The molecule has 1 N–H and O–H groups in total. The highest BCUT2D eigenvalue weighted by molar-refractivity contribution is 7.11. The van der Waals surface area contributed by atoms with E-state index in [9.17, 15) is 0 Å². The normalized spacial score (nSPS) is 12.1. The lowest BCUT2D eigenvalue weighted by molar-refractivity contribution is 0.413. The Morgan fingerprint density at radius 2 is 1.89 bits per heavy atom. The average molecular weight is 269 g/mol. The molecule has 18 heavy (non-hydrogen) atoms. The number of hydrogen-bond acceptors (Lipinski definition) is 4. The van der Waals surface area contributed by atoms with Crippen LogP contribution in [0.15, 0.2) is 0 Å². The van der Waals surface area contributed by atoms with Crippen molar-refractivity contribution < 1.29 is 0 Å². The van der Waals surface area contributed by atoms with Crippen molar-refractivity contribution in [2.45, 2.75) is 52.6 Å². The molecule has 0 radical (unpaired) electrons. The Morgan fingerprint density at radius 1 is 1.22 bits per heavy atom. The molecule has 1 heterocycles. The predicted octanol–water partition coefficient (Wildman–Crippen LogP) is 2.87. The quantitative estimate of drug-likeness (QED) is 0.825. The van der Waals surface area contributed by atoms with Crippen LogP contribution in [0.3, 0.4) is 0 Å². The molecule has 0 amide bonds. The summed E-state index contributed by atoms with van der Waals surface area (Å²) in [6.45, 7) is 10.8. The van der Waals surface area contributed by atoms with Gasteiger partial charge < -0.3 is 10.2 Å². The molecular weight excluding hydrogens is 242 g/mol. The summed E-state index contributed by atoms with van der Waals surface area (Å²) in [5.41, 5.74) is 1.28. The Bertz CT molecular complexity index is 356. The van der Waals surface area contributed by atoms with Crippen LogP contribution in [0.4, 0.5) is 0 Å². The summed E-state index contributed by atoms with van der Waals surface area (Å²) in [5.74, 6) is 0.512. The van der Waals surface area contributed by atoms with Crippen molar-refractivity contribution in [2.75, 3.05) is 20.6 Å². The van der Waals surface area contributed by atoms with Crippen molar-refractivity contribution in [3.8, 4) is 0 Å². The maximum atomic E-state index is 4.81. The Hall–Kier alpha value is -0.450. The van der Waals surface area contributed by atoms with Crippen LogP contribution >= 0.6 is 11.3 Å². The molecule has 1 aromatic heterocycles. The number of aromatic nitrogens is 1. The highest BCUT2D eigenvalue weighted by Crippen LogP contribution is 2.25. The summed E-state index contributed by atoms with van der Waals surface area (Å²) in [5, 5.41) is 4.77. The van der Waals surface area contributed by atoms with Crippen LogP contribution in [-0.4, -0.2) is 36.6 Å². The number of hydrogen-bond donors (Lipinski definition) is 1. The topological polar surface area (TPSA) is 28.2 Å². The van der Waals surface area contributed by atoms with Gasteiger partial charge in [0.1, 0.15) is 0 Å². The molecule has 3 nitrogen and oxygen atoms in total. The second-order valence-corrected chi connectivity index (χ2v) is 6.83. The van der Waals surface area contributed by atoms with Gasteiger partial charge in [-0.05, 0) is 20.0 Å². The van der Waals surface area contributed by atoms with E-state index < -0.39 is 0 Å². The fourth-order valence-electron chi connectivity index (χ4n) is 1.71. The monoisotopic (exact) mass is 269 g/mol. The Balaban J connectivity index is 2.73. The molecule has 0 fully saturated rings. The third kappa shape index (κ3) is 5.04. The van der Waals surface area contributed by atoms with Gasteiger partial charge in [0.25, 0.3) is 0 Å². The lowest BCUT2D eigenvalue weighted by atomic mass is 10.1. The first-order valence-corrected chi connectivity index (χ1v) is 7.58. The highest BCUT2D eigenvalue weighted by atomic mass is 32.1. The van der Waals surface area contributed by atoms with Crippen LogP contribution in [0.5, 0.6) is 0 Å². The van der Waals surface area contributed by atoms with E-state index in [2.05, 4.69) is 52.0 Å². The molecule has 0 aliphatic carbocycles. The third-order valence-electron chi connectivity index (χ3n) is 2.76. The molecule has 0 aliphatic heterocycles. The minimum absolute atomic E-state index is 0.512. The van der Waals surface area contributed by atoms with Crippen molar-refractivity contribution in [3.05, 3.63) is 15.6 Å². The summed E-state index contributed by atoms with van der Waals surface area (Å²) in [6, 6.07) is 0.525. The maximum absolute atomic E-state index is 4.81. The first kappa shape index (κ1) is 15.6. The van der Waals surface area contributed by atoms with Gasteiger partial charge in [0.05, 0.1) is 10.7 Å². The van der Waals surface area contributed by atoms with E-state index >= 15 is 0 Å². The molecule has 0 spiro atoms. The minimum atomic E-state index is 0.512. The SMILES string of the molecule is CC(C)NCc1sc(CCN(C)C)nc1C(C)C. The second kappa shape index (κ2) is 7.22.